The van der Waals surface area contributed by atoms with E-state index in [9.17, 15) is 19.0 Å². The minimum Gasteiger partial charge on any atom is -0.756 e. The lowest BCUT2D eigenvalue weighted by Gasteiger charge is -2.28. The average Bonchev–Trinajstić information content (AvgIpc) is 3.20. The van der Waals surface area contributed by atoms with Crippen molar-refractivity contribution >= 4 is 19.8 Å². The fourth-order valence-electron chi connectivity index (χ4n) is 5.26. The van der Waals surface area contributed by atoms with Crippen molar-refractivity contribution in [2.75, 3.05) is 47.5 Å². The van der Waals surface area contributed by atoms with E-state index in [1.807, 2.05) is 27.2 Å². The smallest absolute Gasteiger partial charge is 0.306 e. The fourth-order valence-corrected chi connectivity index (χ4v) is 5.99. The molecule has 9 nitrogen and oxygen atoms in total. The number of ether oxygens (including phenoxy) is 2. The molecule has 0 aromatic rings. The van der Waals surface area contributed by atoms with E-state index in [1.54, 1.807) is 0 Å². The Kier molecular flexibility index (Phi) is 38.8. The number of nitrogens with zero attached hydrogens (tertiary/aromatic N) is 1. The summed E-state index contributed by atoms with van der Waals surface area (Å²) in [5.74, 6) is -0.952. The summed E-state index contributed by atoms with van der Waals surface area (Å²) >= 11 is 0. The third kappa shape index (κ3) is 44.2. The van der Waals surface area contributed by atoms with E-state index >= 15 is 0 Å². The van der Waals surface area contributed by atoms with E-state index in [4.69, 9.17) is 18.5 Å². The molecule has 0 fully saturated rings. The van der Waals surface area contributed by atoms with Crippen LogP contribution >= 0.6 is 7.82 Å². The number of carbonyl (C=O) groups excluding carboxylic acids is 2. The number of unbranched alkanes of at least 4 members (excludes halogenated alkanes) is 7. The first kappa shape index (κ1) is 56.7. The van der Waals surface area contributed by atoms with Crippen LogP contribution in [0.5, 0.6) is 0 Å². The SMILES string of the molecule is CC/C=C\C/C=C\C/C=C\C/C=C\C/C=C\CCCC(=O)O[C@H](COC(=O)CCCCC/C=C\C/C=C\C/C=C\C/C=C\CCCCC)COP(=O)([O-])OCC[N+](C)(C)C. The number of hydrogen-bond donors (Lipinski definition) is 0. The molecule has 0 saturated heterocycles. The average molecular weight is 856 g/mol. The Morgan fingerprint density at radius 2 is 0.967 bits per heavy atom. The second-order valence-electron chi connectivity index (χ2n) is 15.7. The maximum Gasteiger partial charge on any atom is 0.306 e. The standard InChI is InChI=1S/C50H82NO8P/c1-6-8-10-12-14-16-18-20-22-24-25-27-28-30-32-34-36-38-40-42-49(52)56-46-48(47-58-60(54,55)57-45-44-51(3,4)5)59-50(53)43-41-39-37-35-33-31-29-26-23-21-19-17-15-13-11-9-7-2/h9,11,14-17,20-23,25,27,29-32,35,37,48H,6-8,10,12-13,18-19,24,26,28,33-34,36,38-47H2,1-5H3/b11-9-,16-14-,17-15-,22-20-,23-21-,27-25-,31-29-,32-30-,37-35-/t48-/m1/s1. The number of rotatable bonds is 39. The fraction of sp³-hybridized carbons (Fsp3) is 0.600. The van der Waals surface area contributed by atoms with Crippen LogP contribution in [0, 0.1) is 0 Å². The molecule has 0 heterocycles. The van der Waals surface area contributed by atoms with E-state index in [-0.39, 0.29) is 26.1 Å². The highest BCUT2D eigenvalue weighted by Crippen LogP contribution is 2.38. The van der Waals surface area contributed by atoms with Crippen molar-refractivity contribution in [2.45, 2.75) is 148 Å². The largest absolute Gasteiger partial charge is 0.756 e. The third-order valence-electron chi connectivity index (χ3n) is 8.78. The van der Waals surface area contributed by atoms with Crippen molar-refractivity contribution in [3.05, 3.63) is 109 Å². The van der Waals surface area contributed by atoms with Crippen molar-refractivity contribution < 1.29 is 42.1 Å². The summed E-state index contributed by atoms with van der Waals surface area (Å²) in [4.78, 5) is 37.6. The second kappa shape index (κ2) is 41.0. The molecule has 60 heavy (non-hydrogen) atoms. The molecule has 340 valence electrons. The first-order chi connectivity index (χ1) is 29.0. The molecule has 0 rings (SSSR count). The van der Waals surface area contributed by atoms with E-state index in [0.717, 1.165) is 70.6 Å². The maximum absolute atomic E-state index is 12.7. The zero-order valence-corrected chi connectivity index (χ0v) is 39.0. The molecule has 0 aliphatic heterocycles. The molecular weight excluding hydrogens is 774 g/mol. The molecule has 0 aromatic carbocycles. The van der Waals surface area contributed by atoms with Gasteiger partial charge >= 0.3 is 11.9 Å². The Balaban J connectivity index is 4.53. The number of likely N-dealkylation sites (N-methyl/N-ethyl adjacent to an activating group) is 1. The van der Waals surface area contributed by atoms with Gasteiger partial charge in [-0.25, -0.2) is 0 Å². The topological polar surface area (TPSA) is 111 Å². The molecule has 0 radical (unpaired) electrons. The maximum atomic E-state index is 12.7. The van der Waals surface area contributed by atoms with E-state index in [1.165, 1.54) is 25.7 Å². The summed E-state index contributed by atoms with van der Waals surface area (Å²) in [5, 5.41) is 0. The van der Waals surface area contributed by atoms with Crippen LogP contribution in [0.2, 0.25) is 0 Å². The molecule has 10 heteroatoms. The van der Waals surface area contributed by atoms with Gasteiger partial charge in [0.25, 0.3) is 7.82 Å². The van der Waals surface area contributed by atoms with Crippen LogP contribution in [0.1, 0.15) is 142 Å². The van der Waals surface area contributed by atoms with Gasteiger partial charge in [0.15, 0.2) is 6.10 Å². The molecule has 0 aromatic heterocycles. The first-order valence-electron chi connectivity index (χ1n) is 22.6. The van der Waals surface area contributed by atoms with E-state index < -0.39 is 32.5 Å². The van der Waals surface area contributed by atoms with Crippen molar-refractivity contribution in [3.8, 4) is 0 Å². The molecular formula is C50H82NO8P. The Bertz CT molecular complexity index is 1380. The zero-order chi connectivity index (χ0) is 44.3. The van der Waals surface area contributed by atoms with Gasteiger partial charge in [-0.2, -0.15) is 0 Å². The minimum absolute atomic E-state index is 0.0536. The van der Waals surface area contributed by atoms with E-state index in [0.29, 0.717) is 30.3 Å². The number of phosphoric acid groups is 1. The van der Waals surface area contributed by atoms with Crippen LogP contribution in [0.15, 0.2) is 109 Å². The number of phosphoric ester groups is 1. The molecule has 1 unspecified atom stereocenters. The predicted octanol–water partition coefficient (Wildman–Crippen LogP) is 12.5. The van der Waals surface area contributed by atoms with Crippen LogP contribution in [0.4, 0.5) is 0 Å². The summed E-state index contributed by atoms with van der Waals surface area (Å²) < 4.78 is 33.8. The van der Waals surface area contributed by atoms with Gasteiger partial charge in [0.1, 0.15) is 19.8 Å². The predicted molar refractivity (Wildman–Crippen MR) is 249 cm³/mol. The van der Waals surface area contributed by atoms with Gasteiger partial charge in [-0.05, 0) is 96.3 Å². The molecule has 0 amide bonds. The van der Waals surface area contributed by atoms with Gasteiger partial charge in [-0.1, -0.05) is 142 Å². The number of allylic oxidation sites excluding steroid dienone is 18. The third-order valence-corrected chi connectivity index (χ3v) is 9.74. The molecule has 0 aliphatic rings. The molecule has 0 N–H and O–H groups in total. The Morgan fingerprint density at radius 3 is 1.43 bits per heavy atom. The normalized spacial score (nSPS) is 14.6. The highest BCUT2D eigenvalue weighted by atomic mass is 31.2. The zero-order valence-electron chi connectivity index (χ0n) is 38.1. The number of esters is 2. The van der Waals surface area contributed by atoms with Gasteiger partial charge < -0.3 is 27.9 Å². The summed E-state index contributed by atoms with van der Waals surface area (Å²) in [7, 11) is 1.09. The van der Waals surface area contributed by atoms with Crippen LogP contribution in [-0.4, -0.2) is 70.0 Å². The Hall–Kier alpha value is -3.33. The lowest BCUT2D eigenvalue weighted by atomic mass is 10.1. The van der Waals surface area contributed by atoms with Gasteiger partial charge in [-0.3, -0.25) is 14.2 Å². The van der Waals surface area contributed by atoms with Crippen LogP contribution in [-0.2, 0) is 32.7 Å². The molecule has 2 atom stereocenters. The van der Waals surface area contributed by atoms with Gasteiger partial charge in [0.2, 0.25) is 0 Å². The highest BCUT2D eigenvalue weighted by molar-refractivity contribution is 7.45. The van der Waals surface area contributed by atoms with Crippen molar-refractivity contribution in [2.24, 2.45) is 0 Å². The minimum atomic E-state index is -4.66. The van der Waals surface area contributed by atoms with Gasteiger partial charge in [-0.15, -0.1) is 0 Å². The summed E-state index contributed by atoms with van der Waals surface area (Å²) in [5.41, 5.74) is 0. The first-order valence-corrected chi connectivity index (χ1v) is 24.1. The number of carbonyl (C=O) groups is 2. The van der Waals surface area contributed by atoms with Gasteiger partial charge in [0, 0.05) is 12.8 Å². The molecule has 0 bridgehead atoms. The van der Waals surface area contributed by atoms with Crippen LogP contribution in [0.3, 0.4) is 0 Å². The van der Waals surface area contributed by atoms with Crippen molar-refractivity contribution in [3.63, 3.8) is 0 Å². The van der Waals surface area contributed by atoms with Crippen molar-refractivity contribution in [1.29, 1.82) is 0 Å². The second-order valence-corrected chi connectivity index (χ2v) is 17.1. The lowest BCUT2D eigenvalue weighted by molar-refractivity contribution is -0.870. The quantitative estimate of drug-likeness (QED) is 0.0198. The summed E-state index contributed by atoms with van der Waals surface area (Å²) in [6.07, 6.45) is 55.5. The van der Waals surface area contributed by atoms with Crippen LogP contribution in [0.25, 0.3) is 0 Å². The summed E-state index contributed by atoms with van der Waals surface area (Å²) in [6, 6.07) is 0. The summed E-state index contributed by atoms with van der Waals surface area (Å²) in [6.45, 7) is 3.95. The number of hydrogen-bond acceptors (Lipinski definition) is 8. The highest BCUT2D eigenvalue weighted by Gasteiger charge is 2.21. The van der Waals surface area contributed by atoms with Gasteiger partial charge in [0.05, 0.1) is 27.7 Å². The molecule has 0 aliphatic carbocycles. The van der Waals surface area contributed by atoms with E-state index in [2.05, 4.69) is 117 Å². The Labute approximate surface area is 366 Å². The number of quaternary nitrogens is 1. The molecule has 0 spiro atoms. The van der Waals surface area contributed by atoms with Crippen LogP contribution < -0.4 is 4.89 Å². The van der Waals surface area contributed by atoms with Crippen molar-refractivity contribution in [1.82, 2.24) is 0 Å². The Morgan fingerprint density at radius 1 is 0.533 bits per heavy atom. The monoisotopic (exact) mass is 856 g/mol. The molecule has 0 saturated carbocycles. The lowest BCUT2D eigenvalue weighted by Crippen LogP contribution is -2.37.